The second kappa shape index (κ2) is 5.68. The van der Waals surface area contributed by atoms with Crippen LogP contribution in [0.1, 0.15) is 5.69 Å². The zero-order valence-corrected chi connectivity index (χ0v) is 13.0. The van der Waals surface area contributed by atoms with Gasteiger partial charge in [-0.3, -0.25) is 0 Å². The minimum atomic E-state index is -3.58. The first-order chi connectivity index (χ1) is 10.1. The fourth-order valence-electron chi connectivity index (χ4n) is 1.76. The van der Waals surface area contributed by atoms with Crippen molar-refractivity contribution in [2.75, 3.05) is 6.54 Å². The van der Waals surface area contributed by atoms with Crippen LogP contribution >= 0.6 is 22.9 Å². The first-order valence-electron chi connectivity index (χ1n) is 5.93. The van der Waals surface area contributed by atoms with Crippen LogP contribution in [0, 0.1) is 0 Å². The number of sulfonamides is 1. The molecule has 3 aromatic heterocycles. The number of aromatic nitrogens is 4. The number of halogens is 1. The van der Waals surface area contributed by atoms with E-state index in [4.69, 9.17) is 11.6 Å². The molecule has 0 aliphatic rings. The van der Waals surface area contributed by atoms with Crippen LogP contribution in [0.3, 0.4) is 0 Å². The van der Waals surface area contributed by atoms with E-state index >= 15 is 0 Å². The third-order valence-electron chi connectivity index (χ3n) is 2.77. The smallest absolute Gasteiger partial charge is 0.242 e. The minimum Gasteiger partial charge on any atom is -0.243 e. The molecule has 0 radical (unpaired) electrons. The fraction of sp³-hybridized carbons (Fsp3) is 0.182. The van der Waals surface area contributed by atoms with Crippen LogP contribution in [0.5, 0.6) is 0 Å². The molecule has 0 bridgehead atoms. The Morgan fingerprint density at radius 1 is 1.33 bits per heavy atom. The zero-order chi connectivity index (χ0) is 14.9. The van der Waals surface area contributed by atoms with Crippen LogP contribution in [-0.4, -0.2) is 34.5 Å². The Balaban J connectivity index is 1.67. The highest BCUT2D eigenvalue weighted by Crippen LogP contribution is 2.14. The third kappa shape index (κ3) is 3.05. The molecule has 110 valence electrons. The molecule has 3 aromatic rings. The molecular weight excluding hydrogens is 334 g/mol. The van der Waals surface area contributed by atoms with Gasteiger partial charge in [-0.15, -0.1) is 11.3 Å². The second-order valence-corrected chi connectivity index (χ2v) is 7.14. The topological polar surface area (TPSA) is 89.2 Å². The summed E-state index contributed by atoms with van der Waals surface area (Å²) >= 11 is 7.10. The summed E-state index contributed by atoms with van der Waals surface area (Å²) in [6.45, 7) is 0.261. The molecule has 7 nitrogen and oxygen atoms in total. The summed E-state index contributed by atoms with van der Waals surface area (Å²) in [6, 6.07) is 2.85. The number of rotatable bonds is 5. The summed E-state index contributed by atoms with van der Waals surface area (Å²) in [5, 5.41) is 6.24. The molecule has 0 aromatic carbocycles. The van der Waals surface area contributed by atoms with E-state index in [-0.39, 0.29) is 16.6 Å². The highest BCUT2D eigenvalue weighted by molar-refractivity contribution is 7.89. The van der Waals surface area contributed by atoms with E-state index in [1.807, 2.05) is 5.38 Å². The molecule has 3 rings (SSSR count). The van der Waals surface area contributed by atoms with E-state index in [9.17, 15) is 8.42 Å². The standard InChI is InChI=1S/C11H10ClN5O2S2/c12-10-2-1-9(5-13-10)21(18,19)16-4-3-8-6-20-11-14-7-15-17(8)11/h1-2,5-7,16H,3-4H2. The Morgan fingerprint density at radius 2 is 2.19 bits per heavy atom. The molecule has 0 saturated carbocycles. The molecule has 0 fully saturated rings. The van der Waals surface area contributed by atoms with Crippen molar-refractivity contribution >= 4 is 37.9 Å². The molecule has 1 N–H and O–H groups in total. The molecule has 0 spiro atoms. The number of fused-ring (bicyclic) bond motifs is 1. The Morgan fingerprint density at radius 3 is 2.95 bits per heavy atom. The van der Waals surface area contributed by atoms with Gasteiger partial charge >= 0.3 is 0 Å². The van der Waals surface area contributed by atoms with Crippen molar-refractivity contribution in [1.82, 2.24) is 24.3 Å². The number of nitrogens with zero attached hydrogens (tertiary/aromatic N) is 4. The van der Waals surface area contributed by atoms with Gasteiger partial charge in [0.15, 0.2) is 0 Å². The Bertz CT molecular complexity index is 856. The average Bonchev–Trinajstić information content (AvgIpc) is 3.04. The van der Waals surface area contributed by atoms with E-state index in [1.54, 1.807) is 4.52 Å². The summed E-state index contributed by atoms with van der Waals surface area (Å²) in [5.74, 6) is 0. The summed E-state index contributed by atoms with van der Waals surface area (Å²) < 4.78 is 28.3. The van der Waals surface area contributed by atoms with Crippen LogP contribution < -0.4 is 4.72 Å². The highest BCUT2D eigenvalue weighted by atomic mass is 35.5. The minimum absolute atomic E-state index is 0.0862. The van der Waals surface area contributed by atoms with Crippen LogP contribution in [0.15, 0.2) is 34.9 Å². The van der Waals surface area contributed by atoms with Gasteiger partial charge < -0.3 is 0 Å². The number of hydrogen-bond donors (Lipinski definition) is 1. The van der Waals surface area contributed by atoms with E-state index in [2.05, 4.69) is 19.8 Å². The zero-order valence-electron chi connectivity index (χ0n) is 10.6. The van der Waals surface area contributed by atoms with Gasteiger partial charge in [0, 0.05) is 24.5 Å². The quantitative estimate of drug-likeness (QED) is 0.706. The van der Waals surface area contributed by atoms with Crippen molar-refractivity contribution in [3.8, 4) is 0 Å². The van der Waals surface area contributed by atoms with Crippen molar-refractivity contribution in [2.24, 2.45) is 0 Å². The van der Waals surface area contributed by atoms with Gasteiger partial charge in [0.05, 0.1) is 5.69 Å². The van der Waals surface area contributed by atoms with Gasteiger partial charge in [-0.05, 0) is 12.1 Å². The highest BCUT2D eigenvalue weighted by Gasteiger charge is 2.14. The summed E-state index contributed by atoms with van der Waals surface area (Å²) in [7, 11) is -3.58. The lowest BCUT2D eigenvalue weighted by Gasteiger charge is -2.05. The van der Waals surface area contributed by atoms with Crippen LogP contribution in [0.25, 0.3) is 4.96 Å². The van der Waals surface area contributed by atoms with Crippen LogP contribution in [0.2, 0.25) is 5.15 Å². The maximum atomic E-state index is 12.1. The molecule has 3 heterocycles. The van der Waals surface area contributed by atoms with E-state index in [1.165, 1.54) is 36.0 Å². The molecule has 0 aliphatic carbocycles. The predicted molar refractivity (Wildman–Crippen MR) is 79.0 cm³/mol. The Labute approximate surface area is 129 Å². The lowest BCUT2D eigenvalue weighted by molar-refractivity contribution is 0.580. The molecule has 0 unspecified atom stereocenters. The Kier molecular flexibility index (Phi) is 3.89. The number of thiazole rings is 1. The van der Waals surface area contributed by atoms with E-state index < -0.39 is 10.0 Å². The van der Waals surface area contributed by atoms with Crippen LogP contribution in [-0.2, 0) is 16.4 Å². The van der Waals surface area contributed by atoms with Crippen molar-refractivity contribution in [3.63, 3.8) is 0 Å². The lowest BCUT2D eigenvalue weighted by atomic mass is 10.3. The van der Waals surface area contributed by atoms with Gasteiger partial charge in [0.25, 0.3) is 0 Å². The van der Waals surface area contributed by atoms with Gasteiger partial charge in [-0.25, -0.2) is 27.6 Å². The number of nitrogens with one attached hydrogen (secondary N) is 1. The number of hydrogen-bond acceptors (Lipinski definition) is 6. The molecule has 0 aliphatic heterocycles. The van der Waals surface area contributed by atoms with Crippen molar-refractivity contribution in [1.29, 1.82) is 0 Å². The summed E-state index contributed by atoms with van der Waals surface area (Å²) in [5.41, 5.74) is 0.907. The van der Waals surface area contributed by atoms with Gasteiger partial charge in [0.2, 0.25) is 15.0 Å². The predicted octanol–water partition coefficient (Wildman–Crippen LogP) is 1.36. The van der Waals surface area contributed by atoms with Gasteiger partial charge in [0.1, 0.15) is 16.4 Å². The molecule has 0 amide bonds. The monoisotopic (exact) mass is 343 g/mol. The van der Waals surface area contributed by atoms with Gasteiger partial charge in [-0.1, -0.05) is 11.6 Å². The maximum Gasteiger partial charge on any atom is 0.242 e. The third-order valence-corrected chi connectivity index (χ3v) is 5.32. The molecule has 0 saturated heterocycles. The number of pyridine rings is 1. The Hall–Kier alpha value is -1.55. The second-order valence-electron chi connectivity index (χ2n) is 4.15. The molecule has 0 atom stereocenters. The average molecular weight is 344 g/mol. The molecule has 10 heteroatoms. The lowest BCUT2D eigenvalue weighted by Crippen LogP contribution is -2.26. The first kappa shape index (κ1) is 14.4. The van der Waals surface area contributed by atoms with E-state index in [0.717, 1.165) is 10.7 Å². The summed E-state index contributed by atoms with van der Waals surface area (Å²) in [4.78, 5) is 8.70. The maximum absolute atomic E-state index is 12.1. The largest absolute Gasteiger partial charge is 0.243 e. The SMILES string of the molecule is O=S(=O)(NCCc1csc2ncnn12)c1ccc(Cl)nc1. The molecular formula is C11H10ClN5O2S2. The summed E-state index contributed by atoms with van der Waals surface area (Å²) in [6.07, 6.45) is 3.22. The first-order valence-corrected chi connectivity index (χ1v) is 8.68. The fourth-order valence-corrected chi connectivity index (χ4v) is 3.68. The van der Waals surface area contributed by atoms with Crippen molar-refractivity contribution in [3.05, 3.63) is 40.9 Å². The normalized spacial score (nSPS) is 12.0. The van der Waals surface area contributed by atoms with E-state index in [0.29, 0.717) is 6.42 Å². The van der Waals surface area contributed by atoms with Crippen molar-refractivity contribution < 1.29 is 8.42 Å². The van der Waals surface area contributed by atoms with Crippen molar-refractivity contribution in [2.45, 2.75) is 11.3 Å². The van der Waals surface area contributed by atoms with Crippen LogP contribution in [0.4, 0.5) is 0 Å². The molecule has 21 heavy (non-hydrogen) atoms. The van der Waals surface area contributed by atoms with Gasteiger partial charge in [-0.2, -0.15) is 5.10 Å².